The number of methoxy groups -OCH3 is 2. The molecule has 0 saturated heterocycles. The van der Waals surface area contributed by atoms with Gasteiger partial charge in [0.25, 0.3) is 5.82 Å². The minimum absolute atomic E-state index is 0.884. The quantitative estimate of drug-likeness (QED) is 0.661. The highest BCUT2D eigenvalue weighted by atomic mass is 16.5. The number of fused-ring (bicyclic) bond motifs is 1. The van der Waals surface area contributed by atoms with E-state index in [1.807, 2.05) is 24.3 Å². The summed E-state index contributed by atoms with van der Waals surface area (Å²) >= 11 is 0. The van der Waals surface area contributed by atoms with Crippen LogP contribution in [0.3, 0.4) is 0 Å². The predicted octanol–water partition coefficient (Wildman–Crippen LogP) is 4.18. The fourth-order valence-corrected chi connectivity index (χ4v) is 3.73. The van der Waals surface area contributed by atoms with Gasteiger partial charge in [0.2, 0.25) is 0 Å². The smallest absolute Gasteiger partial charge is 0.262 e. The lowest BCUT2D eigenvalue weighted by atomic mass is 10.1. The second kappa shape index (κ2) is 7.24. The van der Waals surface area contributed by atoms with E-state index in [1.165, 1.54) is 42.0 Å². The van der Waals surface area contributed by atoms with Crippen LogP contribution in [0.2, 0.25) is 0 Å². The minimum Gasteiger partial charge on any atom is -0.497 e. The van der Waals surface area contributed by atoms with Gasteiger partial charge in [-0.2, -0.15) is 4.57 Å². The first-order valence-corrected chi connectivity index (χ1v) is 9.23. The van der Waals surface area contributed by atoms with Crippen molar-refractivity contribution in [3.63, 3.8) is 0 Å². The third-order valence-electron chi connectivity index (χ3n) is 5.15. The standard InChI is InChI=1S/C22H25N2O2/c1-25-19-11-7-17(8-12-19)21-16-24(18-9-13-20(26-2)14-10-18)22-6-4-3-5-15-23(21)22/h7-14,16H,3-6,15H2,1-2H3/q+1. The van der Waals surface area contributed by atoms with Crippen LogP contribution in [-0.2, 0) is 13.0 Å². The van der Waals surface area contributed by atoms with Crippen molar-refractivity contribution in [3.8, 4) is 28.4 Å². The summed E-state index contributed by atoms with van der Waals surface area (Å²) in [4.78, 5) is 0. The molecule has 0 unspecified atom stereocenters. The molecule has 4 rings (SSSR count). The first kappa shape index (κ1) is 16.7. The van der Waals surface area contributed by atoms with Gasteiger partial charge in [-0.1, -0.05) is 0 Å². The van der Waals surface area contributed by atoms with Crippen LogP contribution in [-0.4, -0.2) is 18.8 Å². The molecule has 0 N–H and O–H groups in total. The molecule has 1 aliphatic rings. The molecule has 134 valence electrons. The van der Waals surface area contributed by atoms with Crippen LogP contribution in [0.25, 0.3) is 16.9 Å². The molecule has 0 atom stereocenters. The molecule has 4 nitrogen and oxygen atoms in total. The van der Waals surface area contributed by atoms with Crippen molar-refractivity contribution in [2.45, 2.75) is 32.2 Å². The number of hydrogen-bond acceptors (Lipinski definition) is 2. The Hall–Kier alpha value is -2.75. The minimum atomic E-state index is 0.884. The Morgan fingerprint density at radius 3 is 2.12 bits per heavy atom. The van der Waals surface area contributed by atoms with Crippen molar-refractivity contribution in [2.24, 2.45) is 0 Å². The topological polar surface area (TPSA) is 27.3 Å². The molecule has 26 heavy (non-hydrogen) atoms. The van der Waals surface area contributed by atoms with Crippen LogP contribution in [0.15, 0.2) is 54.7 Å². The molecule has 0 aliphatic carbocycles. The fourth-order valence-electron chi connectivity index (χ4n) is 3.73. The zero-order valence-corrected chi connectivity index (χ0v) is 15.4. The van der Waals surface area contributed by atoms with E-state index in [9.17, 15) is 0 Å². The summed E-state index contributed by atoms with van der Waals surface area (Å²) in [6.45, 7) is 1.07. The van der Waals surface area contributed by atoms with Crippen molar-refractivity contribution >= 4 is 0 Å². The Balaban J connectivity index is 1.82. The molecule has 0 saturated carbocycles. The molecule has 2 heterocycles. The summed E-state index contributed by atoms with van der Waals surface area (Å²) in [6.07, 6.45) is 7.12. The zero-order valence-electron chi connectivity index (χ0n) is 15.4. The number of nitrogens with zero attached hydrogens (tertiary/aromatic N) is 2. The van der Waals surface area contributed by atoms with E-state index in [0.29, 0.717) is 0 Å². The average molecular weight is 349 g/mol. The molecule has 3 aromatic rings. The van der Waals surface area contributed by atoms with E-state index >= 15 is 0 Å². The number of hydrogen-bond donors (Lipinski definition) is 0. The van der Waals surface area contributed by atoms with E-state index in [4.69, 9.17) is 9.47 Å². The van der Waals surface area contributed by atoms with Crippen LogP contribution in [0.4, 0.5) is 0 Å². The molecule has 0 amide bonds. The highest BCUT2D eigenvalue weighted by molar-refractivity contribution is 5.58. The van der Waals surface area contributed by atoms with Crippen molar-refractivity contribution in [2.75, 3.05) is 14.2 Å². The number of imidazole rings is 1. The first-order valence-electron chi connectivity index (χ1n) is 9.23. The van der Waals surface area contributed by atoms with Crippen molar-refractivity contribution < 1.29 is 14.0 Å². The first-order chi connectivity index (χ1) is 12.8. The van der Waals surface area contributed by atoms with Crippen LogP contribution < -0.4 is 14.0 Å². The van der Waals surface area contributed by atoms with Gasteiger partial charge in [0.15, 0.2) is 5.69 Å². The Morgan fingerprint density at radius 2 is 1.46 bits per heavy atom. The lowest BCUT2D eigenvalue weighted by Crippen LogP contribution is -2.38. The van der Waals surface area contributed by atoms with Crippen LogP contribution in [0, 0.1) is 0 Å². The highest BCUT2D eigenvalue weighted by Crippen LogP contribution is 2.26. The molecule has 0 radical (unpaired) electrons. The number of benzene rings is 2. The molecule has 0 spiro atoms. The third kappa shape index (κ3) is 3.07. The van der Waals surface area contributed by atoms with E-state index in [-0.39, 0.29) is 0 Å². The van der Waals surface area contributed by atoms with E-state index in [1.54, 1.807) is 14.2 Å². The number of rotatable bonds is 4. The van der Waals surface area contributed by atoms with Crippen molar-refractivity contribution in [1.82, 2.24) is 4.57 Å². The summed E-state index contributed by atoms with van der Waals surface area (Å²) in [5, 5.41) is 0. The Kier molecular flexibility index (Phi) is 4.65. The second-order valence-corrected chi connectivity index (χ2v) is 6.69. The maximum atomic E-state index is 5.31. The van der Waals surface area contributed by atoms with Gasteiger partial charge in [-0.15, -0.1) is 0 Å². The largest absolute Gasteiger partial charge is 0.497 e. The molecule has 1 aromatic heterocycles. The van der Waals surface area contributed by atoms with Crippen molar-refractivity contribution in [3.05, 3.63) is 60.6 Å². The molecule has 0 bridgehead atoms. The Labute approximate surface area is 154 Å². The molecule has 2 aromatic carbocycles. The number of ether oxygens (including phenoxy) is 2. The van der Waals surface area contributed by atoms with E-state index in [0.717, 1.165) is 24.5 Å². The van der Waals surface area contributed by atoms with E-state index < -0.39 is 0 Å². The van der Waals surface area contributed by atoms with Crippen LogP contribution in [0.5, 0.6) is 11.5 Å². The van der Waals surface area contributed by atoms with Gasteiger partial charge in [0, 0.05) is 12.0 Å². The molecule has 4 heteroatoms. The van der Waals surface area contributed by atoms with Crippen LogP contribution in [0.1, 0.15) is 25.1 Å². The lowest BCUT2D eigenvalue weighted by molar-refractivity contribution is -0.692. The van der Waals surface area contributed by atoms with Gasteiger partial charge >= 0.3 is 0 Å². The van der Waals surface area contributed by atoms with Crippen molar-refractivity contribution in [1.29, 1.82) is 0 Å². The summed E-state index contributed by atoms with van der Waals surface area (Å²) in [7, 11) is 3.41. The summed E-state index contributed by atoms with van der Waals surface area (Å²) < 4.78 is 15.4. The molecular weight excluding hydrogens is 324 g/mol. The second-order valence-electron chi connectivity index (χ2n) is 6.69. The van der Waals surface area contributed by atoms with Gasteiger partial charge in [-0.3, -0.25) is 0 Å². The lowest BCUT2D eigenvalue weighted by Gasteiger charge is -2.04. The zero-order chi connectivity index (χ0) is 17.9. The van der Waals surface area contributed by atoms with Gasteiger partial charge in [-0.25, -0.2) is 4.57 Å². The van der Waals surface area contributed by atoms with E-state index in [2.05, 4.69) is 39.6 Å². The van der Waals surface area contributed by atoms with Gasteiger partial charge < -0.3 is 9.47 Å². The summed E-state index contributed by atoms with van der Waals surface area (Å²) in [5.41, 5.74) is 3.66. The number of aromatic nitrogens is 2. The van der Waals surface area contributed by atoms with Gasteiger partial charge in [0.1, 0.15) is 23.4 Å². The Morgan fingerprint density at radius 1 is 0.808 bits per heavy atom. The van der Waals surface area contributed by atoms with Gasteiger partial charge in [0.05, 0.1) is 20.8 Å². The normalized spacial score (nSPS) is 13.8. The SMILES string of the molecule is COc1ccc(-c2cn(-c3ccc(OC)cc3)c3[n+]2CCCCC3)cc1. The predicted molar refractivity (Wildman–Crippen MR) is 102 cm³/mol. The molecule has 1 aliphatic heterocycles. The third-order valence-corrected chi connectivity index (χ3v) is 5.15. The highest BCUT2D eigenvalue weighted by Gasteiger charge is 2.26. The van der Waals surface area contributed by atoms with Gasteiger partial charge in [-0.05, 0) is 67.8 Å². The average Bonchev–Trinajstić information content (AvgIpc) is 2.89. The maximum absolute atomic E-state index is 5.31. The summed E-state index contributed by atoms with van der Waals surface area (Å²) in [6, 6.07) is 16.7. The maximum Gasteiger partial charge on any atom is 0.262 e. The molecule has 0 fully saturated rings. The van der Waals surface area contributed by atoms with Crippen LogP contribution >= 0.6 is 0 Å². The molecular formula is C22H25N2O2+. The Bertz CT molecular complexity index is 808. The monoisotopic (exact) mass is 349 g/mol. The summed E-state index contributed by atoms with van der Waals surface area (Å²) in [5.74, 6) is 3.15. The fraction of sp³-hybridized carbons (Fsp3) is 0.318.